The number of piperidine rings is 1. The Morgan fingerprint density at radius 1 is 0.967 bits per heavy atom. The highest BCUT2D eigenvalue weighted by molar-refractivity contribution is 5.91. The number of anilines is 3. The van der Waals surface area contributed by atoms with Crippen molar-refractivity contribution in [3.05, 3.63) is 53.6 Å². The summed E-state index contributed by atoms with van der Waals surface area (Å²) in [4.78, 5) is 17.3. The quantitative estimate of drug-likeness (QED) is 0.702. The first-order valence-electron chi connectivity index (χ1n) is 11.5. The van der Waals surface area contributed by atoms with Crippen LogP contribution in [0.15, 0.2) is 42.5 Å². The maximum absolute atomic E-state index is 12.7. The minimum absolute atomic E-state index is 0. The highest BCUT2D eigenvalue weighted by Gasteiger charge is 2.30. The van der Waals surface area contributed by atoms with Gasteiger partial charge in [-0.1, -0.05) is 38.5 Å². The summed E-state index contributed by atoms with van der Waals surface area (Å²) < 4.78 is 0. The van der Waals surface area contributed by atoms with E-state index in [1.54, 1.807) is 0 Å². The molecule has 2 amide bonds. The van der Waals surface area contributed by atoms with E-state index < -0.39 is 0 Å². The monoisotopic (exact) mass is 408 g/mol. The van der Waals surface area contributed by atoms with Crippen LogP contribution in [0.4, 0.5) is 21.9 Å². The summed E-state index contributed by atoms with van der Waals surface area (Å²) in [6.45, 7) is 8.12. The lowest BCUT2D eigenvalue weighted by Gasteiger charge is -2.39. The minimum Gasteiger partial charge on any atom is -0.384 e. The first kappa shape index (κ1) is 20.6. The highest BCUT2D eigenvalue weighted by Crippen LogP contribution is 2.30. The molecule has 3 heterocycles. The number of amides is 2. The summed E-state index contributed by atoms with van der Waals surface area (Å²) in [7, 11) is 0. The third-order valence-corrected chi connectivity index (χ3v) is 6.21. The van der Waals surface area contributed by atoms with Gasteiger partial charge in [0.2, 0.25) is 0 Å². The van der Waals surface area contributed by atoms with E-state index in [9.17, 15) is 4.79 Å². The van der Waals surface area contributed by atoms with Crippen molar-refractivity contribution in [3.63, 3.8) is 0 Å². The largest absolute Gasteiger partial charge is 0.384 e. The molecule has 0 unspecified atom stereocenters. The van der Waals surface area contributed by atoms with Crippen LogP contribution in [-0.4, -0.2) is 43.2 Å². The van der Waals surface area contributed by atoms with Crippen LogP contribution in [0.2, 0.25) is 0 Å². The number of carbonyl (C=O) groups excluding carboxylic acids is 1. The van der Waals surface area contributed by atoms with Gasteiger partial charge in [0.25, 0.3) is 0 Å². The number of hydrogen-bond donors (Lipinski definition) is 2. The lowest BCUT2D eigenvalue weighted by molar-refractivity contribution is 0.177. The van der Waals surface area contributed by atoms with Crippen molar-refractivity contribution in [2.45, 2.75) is 52.0 Å². The van der Waals surface area contributed by atoms with Gasteiger partial charge in [-0.2, -0.15) is 0 Å². The molecule has 0 atom stereocenters. The van der Waals surface area contributed by atoms with E-state index in [2.05, 4.69) is 58.5 Å². The van der Waals surface area contributed by atoms with E-state index in [4.69, 9.17) is 0 Å². The second kappa shape index (κ2) is 9.41. The Kier molecular flexibility index (Phi) is 6.46. The second-order valence-electron chi connectivity index (χ2n) is 8.47. The summed E-state index contributed by atoms with van der Waals surface area (Å²) in [5, 5.41) is 6.54. The van der Waals surface area contributed by atoms with Crippen molar-refractivity contribution < 1.29 is 6.22 Å². The predicted octanol–water partition coefficient (Wildman–Crippen LogP) is 5.38. The smallest absolute Gasteiger partial charge is 0.322 e. The number of hydrogen-bond acceptors (Lipinski definition) is 3. The van der Waals surface area contributed by atoms with E-state index in [1.165, 1.54) is 28.9 Å². The van der Waals surface area contributed by atoms with Crippen LogP contribution in [0.3, 0.4) is 0 Å². The molecule has 30 heavy (non-hydrogen) atoms. The Labute approximate surface area is 181 Å². The lowest BCUT2D eigenvalue weighted by Crippen LogP contribution is -2.48. The summed E-state index contributed by atoms with van der Waals surface area (Å²) in [6.07, 6.45) is 5.35. The number of carbonyl (C=O) groups is 1. The Morgan fingerprint density at radius 3 is 2.53 bits per heavy atom. The molecule has 0 bridgehead atoms. The van der Waals surface area contributed by atoms with Crippen LogP contribution in [0.1, 0.15) is 45.7 Å². The SMILES string of the molecule is CCC.O=C1Nc2ccccc2CCN1C1CCN(c2ccc3c(c2)CCN3)CC1.[HH]. The van der Waals surface area contributed by atoms with E-state index in [0.717, 1.165) is 57.5 Å². The molecule has 2 aromatic carbocycles. The molecule has 0 aliphatic carbocycles. The van der Waals surface area contributed by atoms with Gasteiger partial charge in [-0.15, -0.1) is 0 Å². The van der Waals surface area contributed by atoms with Crippen LogP contribution < -0.4 is 15.5 Å². The third kappa shape index (κ3) is 4.40. The topological polar surface area (TPSA) is 47.6 Å². The van der Waals surface area contributed by atoms with Crippen LogP contribution in [0.5, 0.6) is 0 Å². The standard InChI is InChI=1S/C22H26N4O.C3H8.H2/c27-22-24-21-4-2-1-3-16(21)8-14-26(22)18-9-12-25(13-10-18)19-5-6-20-17(15-19)7-11-23-20;1-3-2;/h1-6,15,18,23H,7-14H2,(H,24,27);3H2,1-2H3;1H. The normalized spacial score (nSPS) is 18.4. The summed E-state index contributed by atoms with van der Waals surface area (Å²) >= 11 is 0. The van der Waals surface area contributed by atoms with Gasteiger partial charge < -0.3 is 20.4 Å². The molecule has 2 aromatic rings. The van der Waals surface area contributed by atoms with Crippen molar-refractivity contribution in [3.8, 4) is 0 Å². The van der Waals surface area contributed by atoms with Gasteiger partial charge in [-0.25, -0.2) is 4.79 Å². The van der Waals surface area contributed by atoms with E-state index in [1.807, 2.05) is 18.2 Å². The average molecular weight is 409 g/mol. The fourth-order valence-corrected chi connectivity index (χ4v) is 4.66. The molecule has 0 aromatic heterocycles. The van der Waals surface area contributed by atoms with Gasteiger partial charge in [-0.3, -0.25) is 0 Å². The first-order chi connectivity index (χ1) is 14.7. The average Bonchev–Trinajstić information content (AvgIpc) is 3.17. The molecule has 2 N–H and O–H groups in total. The van der Waals surface area contributed by atoms with Crippen molar-refractivity contribution >= 4 is 23.1 Å². The molecule has 5 rings (SSSR count). The van der Waals surface area contributed by atoms with Crippen LogP contribution in [0, 0.1) is 0 Å². The second-order valence-corrected chi connectivity index (χ2v) is 8.47. The zero-order chi connectivity index (χ0) is 20.9. The van der Waals surface area contributed by atoms with Gasteiger partial charge in [-0.05, 0) is 61.1 Å². The van der Waals surface area contributed by atoms with Crippen LogP contribution >= 0.6 is 0 Å². The van der Waals surface area contributed by atoms with E-state index in [-0.39, 0.29) is 7.46 Å². The van der Waals surface area contributed by atoms with Gasteiger partial charge in [0.15, 0.2) is 0 Å². The van der Waals surface area contributed by atoms with Gasteiger partial charge in [0.1, 0.15) is 0 Å². The lowest BCUT2D eigenvalue weighted by atomic mass is 10.0. The number of nitrogens with one attached hydrogen (secondary N) is 2. The number of rotatable bonds is 2. The summed E-state index contributed by atoms with van der Waals surface area (Å²) in [6, 6.07) is 15.3. The van der Waals surface area contributed by atoms with Crippen molar-refractivity contribution in [2.75, 3.05) is 41.7 Å². The van der Waals surface area contributed by atoms with Gasteiger partial charge in [0.05, 0.1) is 0 Å². The minimum atomic E-state index is 0. The molecule has 0 saturated carbocycles. The zero-order valence-electron chi connectivity index (χ0n) is 18.3. The predicted molar refractivity (Wildman–Crippen MR) is 128 cm³/mol. The Balaban J connectivity index is 0.000000645. The number of fused-ring (bicyclic) bond motifs is 2. The van der Waals surface area contributed by atoms with Crippen molar-refractivity contribution in [1.82, 2.24) is 4.90 Å². The molecular formula is C25H36N4O. The molecule has 1 saturated heterocycles. The van der Waals surface area contributed by atoms with Crippen molar-refractivity contribution in [1.29, 1.82) is 0 Å². The Hall–Kier alpha value is -2.69. The molecular weight excluding hydrogens is 372 g/mol. The summed E-state index contributed by atoms with van der Waals surface area (Å²) in [5.74, 6) is 0. The molecule has 3 aliphatic heterocycles. The maximum Gasteiger partial charge on any atom is 0.322 e. The molecule has 0 spiro atoms. The van der Waals surface area contributed by atoms with Crippen LogP contribution in [0.25, 0.3) is 0 Å². The molecule has 3 aliphatic rings. The van der Waals surface area contributed by atoms with Gasteiger partial charge >= 0.3 is 6.03 Å². The number of benzene rings is 2. The van der Waals surface area contributed by atoms with E-state index >= 15 is 0 Å². The third-order valence-electron chi connectivity index (χ3n) is 6.21. The fourth-order valence-electron chi connectivity index (χ4n) is 4.66. The van der Waals surface area contributed by atoms with Crippen LogP contribution in [-0.2, 0) is 12.8 Å². The molecule has 5 heteroatoms. The number of urea groups is 1. The number of para-hydroxylation sites is 1. The highest BCUT2D eigenvalue weighted by atomic mass is 16.2. The summed E-state index contributed by atoms with van der Waals surface area (Å²) in [5.41, 5.74) is 6.24. The maximum atomic E-state index is 12.7. The van der Waals surface area contributed by atoms with Gasteiger partial charge in [0, 0.05) is 50.7 Å². The van der Waals surface area contributed by atoms with Crippen molar-refractivity contribution in [2.24, 2.45) is 0 Å². The Morgan fingerprint density at radius 2 is 1.73 bits per heavy atom. The molecule has 1 fully saturated rings. The number of nitrogens with zero attached hydrogens (tertiary/aromatic N) is 2. The fraction of sp³-hybridized carbons (Fsp3) is 0.480. The van der Waals surface area contributed by atoms with E-state index in [0.29, 0.717) is 6.04 Å². The molecule has 5 nitrogen and oxygen atoms in total. The molecule has 0 radical (unpaired) electrons. The first-order valence-corrected chi connectivity index (χ1v) is 11.5. The Bertz CT molecular complexity index is 880. The zero-order valence-corrected chi connectivity index (χ0v) is 18.3. The molecule has 162 valence electrons.